The van der Waals surface area contributed by atoms with Gasteiger partial charge in [-0.25, -0.2) is 0 Å². The van der Waals surface area contributed by atoms with Crippen LogP contribution in [0.15, 0.2) is 30.3 Å². The van der Waals surface area contributed by atoms with Gasteiger partial charge < -0.3 is 20.8 Å². The van der Waals surface area contributed by atoms with Crippen LogP contribution in [-0.2, 0) is 4.79 Å². The molecule has 5 heteroatoms. The molecule has 0 aromatic heterocycles. The molecule has 1 aromatic rings. The standard InChI is InChI=1S/C26H44N2O3/c1-2-3-4-5-6-7-8-9-11-14-21-17-18-27-23(19-21)26(31)28-24(20-29)25(30)22-15-12-10-13-16-22/h10,12-13,15-16,21,23-25,27,29-30H,2-9,11,14,17-20H2,1H3,(H,28,31)/t21-,23+,24+,25-/m1/s1. The first-order valence-electron chi connectivity index (χ1n) is 12.5. The lowest BCUT2D eigenvalue weighted by Gasteiger charge is -2.31. The van der Waals surface area contributed by atoms with Gasteiger partial charge in [-0.3, -0.25) is 4.79 Å². The normalized spacial score (nSPS) is 20.9. The van der Waals surface area contributed by atoms with Gasteiger partial charge in [-0.15, -0.1) is 0 Å². The molecule has 2 rings (SSSR count). The minimum Gasteiger partial charge on any atom is -0.394 e. The molecule has 176 valence electrons. The number of nitrogens with one attached hydrogen (secondary N) is 2. The number of carbonyl (C=O) groups is 1. The van der Waals surface area contributed by atoms with E-state index in [1.54, 1.807) is 12.1 Å². The molecule has 0 spiro atoms. The predicted octanol–water partition coefficient (Wildman–Crippen LogP) is 4.49. The average molecular weight is 433 g/mol. The minimum atomic E-state index is -0.920. The Morgan fingerprint density at radius 1 is 1.06 bits per heavy atom. The van der Waals surface area contributed by atoms with E-state index in [1.807, 2.05) is 18.2 Å². The summed E-state index contributed by atoms with van der Waals surface area (Å²) in [6.07, 6.45) is 14.3. The minimum absolute atomic E-state index is 0.120. The van der Waals surface area contributed by atoms with E-state index in [9.17, 15) is 15.0 Å². The highest BCUT2D eigenvalue weighted by Gasteiger charge is 2.30. The van der Waals surface area contributed by atoms with E-state index in [2.05, 4.69) is 17.6 Å². The predicted molar refractivity (Wildman–Crippen MR) is 127 cm³/mol. The van der Waals surface area contributed by atoms with E-state index >= 15 is 0 Å². The van der Waals surface area contributed by atoms with Crippen molar-refractivity contribution in [3.05, 3.63) is 35.9 Å². The van der Waals surface area contributed by atoms with Gasteiger partial charge in [0.1, 0.15) is 6.10 Å². The van der Waals surface area contributed by atoms with Gasteiger partial charge in [-0.2, -0.15) is 0 Å². The first-order valence-corrected chi connectivity index (χ1v) is 12.5. The van der Waals surface area contributed by atoms with Crippen molar-refractivity contribution in [3.8, 4) is 0 Å². The van der Waals surface area contributed by atoms with Gasteiger partial charge in [0.25, 0.3) is 0 Å². The third-order valence-electron chi connectivity index (χ3n) is 6.59. The SMILES string of the molecule is CCCCCCCCCCC[C@@H]1CCN[C@H](C(=O)N[C@@H](CO)[C@H](O)c2ccccc2)C1. The van der Waals surface area contributed by atoms with E-state index in [1.165, 1.54) is 64.2 Å². The van der Waals surface area contributed by atoms with Crippen LogP contribution in [0, 0.1) is 5.92 Å². The fourth-order valence-electron chi connectivity index (χ4n) is 4.59. The third-order valence-corrected chi connectivity index (χ3v) is 6.59. The molecule has 31 heavy (non-hydrogen) atoms. The Hall–Kier alpha value is -1.43. The molecule has 1 aliphatic heterocycles. The molecule has 4 N–H and O–H groups in total. The second-order valence-corrected chi connectivity index (χ2v) is 9.17. The Balaban J connectivity index is 1.66. The molecule has 0 aliphatic carbocycles. The van der Waals surface area contributed by atoms with Gasteiger partial charge in [-0.1, -0.05) is 101 Å². The summed E-state index contributed by atoms with van der Waals surface area (Å²) in [5.74, 6) is 0.457. The van der Waals surface area contributed by atoms with Crippen molar-refractivity contribution in [3.63, 3.8) is 0 Å². The molecule has 5 nitrogen and oxygen atoms in total. The van der Waals surface area contributed by atoms with Gasteiger partial charge in [0.2, 0.25) is 5.91 Å². The maximum absolute atomic E-state index is 12.8. The zero-order chi connectivity index (χ0) is 22.3. The molecule has 1 aromatic carbocycles. The highest BCUT2D eigenvalue weighted by atomic mass is 16.3. The van der Waals surface area contributed by atoms with Crippen molar-refractivity contribution < 1.29 is 15.0 Å². The van der Waals surface area contributed by atoms with Gasteiger partial charge in [-0.05, 0) is 30.9 Å². The Morgan fingerprint density at radius 2 is 1.71 bits per heavy atom. The molecule has 4 atom stereocenters. The number of rotatable bonds is 15. The number of amides is 1. The monoisotopic (exact) mass is 432 g/mol. The molecule has 0 bridgehead atoms. The van der Waals surface area contributed by atoms with E-state index in [4.69, 9.17) is 0 Å². The number of hydrogen-bond acceptors (Lipinski definition) is 4. The fraction of sp³-hybridized carbons (Fsp3) is 0.731. The van der Waals surface area contributed by atoms with Gasteiger partial charge >= 0.3 is 0 Å². The lowest BCUT2D eigenvalue weighted by molar-refractivity contribution is -0.126. The summed E-state index contributed by atoms with van der Waals surface area (Å²) in [7, 11) is 0. The van der Waals surface area contributed by atoms with Crippen molar-refractivity contribution in [1.29, 1.82) is 0 Å². The van der Waals surface area contributed by atoms with Crippen LogP contribution in [0.1, 0.15) is 95.6 Å². The molecule has 1 heterocycles. The summed E-state index contributed by atoms with van der Waals surface area (Å²) >= 11 is 0. The second-order valence-electron chi connectivity index (χ2n) is 9.17. The first kappa shape index (κ1) is 25.8. The van der Waals surface area contributed by atoms with E-state index < -0.39 is 12.1 Å². The first-order chi connectivity index (χ1) is 15.2. The largest absolute Gasteiger partial charge is 0.394 e. The topological polar surface area (TPSA) is 81.6 Å². The quantitative estimate of drug-likeness (QED) is 0.308. The van der Waals surface area contributed by atoms with Crippen molar-refractivity contribution in [1.82, 2.24) is 10.6 Å². The number of aliphatic hydroxyl groups excluding tert-OH is 2. The van der Waals surface area contributed by atoms with E-state index in [0.29, 0.717) is 11.5 Å². The number of carbonyl (C=O) groups excluding carboxylic acids is 1. The summed E-state index contributed by atoms with van der Waals surface area (Å²) in [6.45, 7) is 2.82. The molecular formula is C26H44N2O3. The summed E-state index contributed by atoms with van der Waals surface area (Å²) < 4.78 is 0. The van der Waals surface area contributed by atoms with Crippen molar-refractivity contribution in [2.45, 2.75) is 102 Å². The van der Waals surface area contributed by atoms with Gasteiger partial charge in [0.15, 0.2) is 0 Å². The molecule has 1 amide bonds. The molecule has 0 unspecified atom stereocenters. The highest BCUT2D eigenvalue weighted by molar-refractivity contribution is 5.82. The zero-order valence-corrected chi connectivity index (χ0v) is 19.4. The maximum atomic E-state index is 12.8. The number of piperidine rings is 1. The summed E-state index contributed by atoms with van der Waals surface area (Å²) in [5, 5.41) is 26.4. The Morgan fingerprint density at radius 3 is 2.35 bits per heavy atom. The van der Waals surface area contributed by atoms with Crippen LogP contribution in [0.3, 0.4) is 0 Å². The van der Waals surface area contributed by atoms with Crippen LogP contribution in [0.25, 0.3) is 0 Å². The molecule has 1 saturated heterocycles. The Bertz CT molecular complexity index is 596. The van der Waals surface area contributed by atoms with Crippen LogP contribution < -0.4 is 10.6 Å². The maximum Gasteiger partial charge on any atom is 0.237 e. The molecule has 1 aliphatic rings. The summed E-state index contributed by atoms with van der Waals surface area (Å²) in [4.78, 5) is 12.8. The lowest BCUT2D eigenvalue weighted by Crippen LogP contribution is -2.53. The summed E-state index contributed by atoms with van der Waals surface area (Å²) in [6, 6.07) is 8.23. The van der Waals surface area contributed by atoms with Crippen molar-refractivity contribution in [2.24, 2.45) is 5.92 Å². The number of hydrogen-bond donors (Lipinski definition) is 4. The van der Waals surface area contributed by atoms with Gasteiger partial charge in [0.05, 0.1) is 18.7 Å². The van der Waals surface area contributed by atoms with Gasteiger partial charge in [0, 0.05) is 0 Å². The molecule has 1 fully saturated rings. The average Bonchev–Trinajstić information content (AvgIpc) is 2.81. The number of unbranched alkanes of at least 4 members (excludes halogenated alkanes) is 8. The van der Waals surface area contributed by atoms with Crippen LogP contribution in [0.5, 0.6) is 0 Å². The van der Waals surface area contributed by atoms with Crippen LogP contribution >= 0.6 is 0 Å². The second kappa shape index (κ2) is 15.4. The number of aliphatic hydroxyl groups is 2. The van der Waals surface area contributed by atoms with Crippen molar-refractivity contribution >= 4 is 5.91 Å². The number of benzene rings is 1. The van der Waals surface area contributed by atoms with Crippen molar-refractivity contribution in [2.75, 3.05) is 13.2 Å². The van der Waals surface area contributed by atoms with Crippen LogP contribution in [-0.4, -0.2) is 41.4 Å². The van der Waals surface area contributed by atoms with E-state index in [0.717, 1.165) is 19.4 Å². The van der Waals surface area contributed by atoms with Crippen LogP contribution in [0.4, 0.5) is 0 Å². The van der Waals surface area contributed by atoms with Crippen LogP contribution in [0.2, 0.25) is 0 Å². The molecule has 0 radical (unpaired) electrons. The fourth-order valence-corrected chi connectivity index (χ4v) is 4.59. The third kappa shape index (κ3) is 9.71. The summed E-state index contributed by atoms with van der Waals surface area (Å²) in [5.41, 5.74) is 0.696. The van der Waals surface area contributed by atoms with E-state index in [-0.39, 0.29) is 18.6 Å². The Kier molecular flexibility index (Phi) is 12.8. The highest BCUT2D eigenvalue weighted by Crippen LogP contribution is 2.24. The molecular weight excluding hydrogens is 388 g/mol. The smallest absolute Gasteiger partial charge is 0.237 e. The Labute approximate surface area is 189 Å². The lowest BCUT2D eigenvalue weighted by atomic mass is 9.87. The zero-order valence-electron chi connectivity index (χ0n) is 19.4. The molecule has 0 saturated carbocycles.